The maximum Gasteiger partial charge on any atom is 0.692 e. The standard InChI is InChI=1S/C6HCl5O.HO3P/c7-1-2(8)4(10)6(12)5(11)3(1)9;1-4(2)3/h12H;(H-,1,2,3)/p+1. The van der Waals surface area contributed by atoms with Gasteiger partial charge in [0.2, 0.25) is 0 Å². The second-order valence-corrected chi connectivity index (χ2v) is 4.57. The van der Waals surface area contributed by atoms with Gasteiger partial charge in [-0.25, -0.2) is 0 Å². The summed E-state index contributed by atoms with van der Waals surface area (Å²) in [7, 11) is -2.87. The van der Waals surface area contributed by atoms with Gasteiger partial charge in [0.15, 0.2) is 5.75 Å². The Bertz CT molecular complexity index is 315. The van der Waals surface area contributed by atoms with Gasteiger partial charge in [0, 0.05) is 4.57 Å². The van der Waals surface area contributed by atoms with Crippen molar-refractivity contribution in [1.29, 1.82) is 0 Å². The van der Waals surface area contributed by atoms with E-state index in [-0.39, 0.29) is 30.9 Å². The predicted molar refractivity (Wildman–Crippen MR) is 65.2 cm³/mol. The highest BCUT2D eigenvalue weighted by atomic mass is 35.5. The molecule has 0 aliphatic rings. The van der Waals surface area contributed by atoms with Crippen molar-refractivity contribution >= 4 is 66.3 Å². The molecule has 0 aliphatic carbocycles. The van der Waals surface area contributed by atoms with E-state index in [1.165, 1.54) is 0 Å². The third kappa shape index (κ3) is 4.40. The molecule has 90 valence electrons. The van der Waals surface area contributed by atoms with Crippen LogP contribution >= 0.6 is 66.3 Å². The molecule has 0 atom stereocenters. The summed E-state index contributed by atoms with van der Waals surface area (Å²) < 4.78 is 8.70. The van der Waals surface area contributed by atoms with Crippen LogP contribution in [0.1, 0.15) is 0 Å². The van der Waals surface area contributed by atoms with E-state index in [0.717, 1.165) is 0 Å². The zero-order valence-corrected chi connectivity index (χ0v) is 11.8. The average Bonchev–Trinajstić information content (AvgIpc) is 2.20. The van der Waals surface area contributed by atoms with E-state index < -0.39 is 8.25 Å². The van der Waals surface area contributed by atoms with E-state index >= 15 is 0 Å². The second kappa shape index (κ2) is 7.04. The molecule has 1 aromatic rings. The third-order valence-electron chi connectivity index (χ3n) is 1.19. The molecule has 0 fully saturated rings. The van der Waals surface area contributed by atoms with Gasteiger partial charge in [0.05, 0.1) is 15.1 Å². The Morgan fingerprint density at radius 3 is 1.19 bits per heavy atom. The van der Waals surface area contributed by atoms with Crippen molar-refractivity contribution in [2.24, 2.45) is 0 Å². The molecule has 0 spiro atoms. The van der Waals surface area contributed by atoms with Crippen LogP contribution in [-0.4, -0.2) is 14.9 Å². The number of hydrogen-bond acceptors (Lipinski definition) is 2. The molecule has 0 saturated heterocycles. The second-order valence-electron chi connectivity index (χ2n) is 2.17. The van der Waals surface area contributed by atoms with Gasteiger partial charge in [0.25, 0.3) is 0 Å². The van der Waals surface area contributed by atoms with Crippen molar-refractivity contribution in [3.05, 3.63) is 25.1 Å². The summed E-state index contributed by atoms with van der Waals surface area (Å²) in [5.74, 6) is -0.363. The van der Waals surface area contributed by atoms with E-state index in [0.29, 0.717) is 0 Å². The monoisotopic (exact) mass is 345 g/mol. The molecule has 0 heterocycles. The summed E-state index contributed by atoms with van der Waals surface area (Å²) in [4.78, 5) is 14.2. The molecule has 0 aromatic heterocycles. The quantitative estimate of drug-likeness (QED) is 0.372. The highest BCUT2D eigenvalue weighted by molar-refractivity contribution is 7.30. The number of halogens is 5. The molecular weight excluding hydrogens is 344 g/mol. The fourth-order valence-corrected chi connectivity index (χ4v) is 1.72. The van der Waals surface area contributed by atoms with Gasteiger partial charge >= 0.3 is 8.25 Å². The number of phenols is 1. The fourth-order valence-electron chi connectivity index (χ4n) is 0.593. The summed E-state index contributed by atoms with van der Waals surface area (Å²) in [5.41, 5.74) is 0. The van der Waals surface area contributed by atoms with Gasteiger partial charge in [-0.15, -0.1) is 9.79 Å². The number of phenolic OH excluding ortho intramolecular Hbond substituents is 1. The minimum Gasteiger partial charge on any atom is -0.505 e. The first-order chi connectivity index (χ1) is 7.20. The maximum atomic E-state index is 9.20. The Morgan fingerprint density at radius 2 is 0.938 bits per heavy atom. The van der Waals surface area contributed by atoms with Crippen LogP contribution in [0, 0.1) is 0 Å². The minimum atomic E-state index is -2.87. The van der Waals surface area contributed by atoms with Crippen molar-refractivity contribution in [2.45, 2.75) is 0 Å². The molecule has 3 N–H and O–H groups in total. The summed E-state index contributed by atoms with van der Waals surface area (Å²) >= 11 is 27.9. The van der Waals surface area contributed by atoms with E-state index in [1.807, 2.05) is 0 Å². The van der Waals surface area contributed by atoms with Gasteiger partial charge in [-0.05, 0) is 0 Å². The molecule has 16 heavy (non-hydrogen) atoms. The lowest BCUT2D eigenvalue weighted by Gasteiger charge is -2.06. The van der Waals surface area contributed by atoms with Gasteiger partial charge < -0.3 is 5.11 Å². The first-order valence-corrected chi connectivity index (χ1v) is 6.31. The van der Waals surface area contributed by atoms with E-state index in [9.17, 15) is 5.11 Å². The third-order valence-corrected chi connectivity index (χ3v) is 3.44. The van der Waals surface area contributed by atoms with Crippen LogP contribution in [0.2, 0.25) is 25.1 Å². The van der Waals surface area contributed by atoms with Crippen LogP contribution in [0.4, 0.5) is 0 Å². The Labute approximate surface area is 116 Å². The van der Waals surface area contributed by atoms with Crippen LogP contribution in [0.15, 0.2) is 0 Å². The lowest BCUT2D eigenvalue weighted by atomic mass is 10.3. The van der Waals surface area contributed by atoms with E-state index in [4.69, 9.17) is 72.4 Å². The van der Waals surface area contributed by atoms with E-state index in [1.54, 1.807) is 0 Å². The first kappa shape index (κ1) is 16.5. The Hall–Kier alpha value is 0.490. The molecule has 0 amide bonds. The molecule has 1 rings (SSSR count). The number of benzene rings is 1. The van der Waals surface area contributed by atoms with Crippen molar-refractivity contribution in [3.63, 3.8) is 0 Å². The van der Waals surface area contributed by atoms with Crippen molar-refractivity contribution in [1.82, 2.24) is 0 Å². The van der Waals surface area contributed by atoms with Crippen molar-refractivity contribution < 1.29 is 19.5 Å². The predicted octanol–water partition coefficient (Wildman–Crippen LogP) is 4.29. The minimum absolute atomic E-state index is 0.00904. The smallest absolute Gasteiger partial charge is 0.505 e. The Balaban J connectivity index is 0.000000487. The molecule has 4 nitrogen and oxygen atoms in total. The van der Waals surface area contributed by atoms with Crippen LogP contribution in [-0.2, 0) is 4.57 Å². The molecule has 10 heteroatoms. The van der Waals surface area contributed by atoms with Gasteiger partial charge in [-0.2, -0.15) is 0 Å². The highest BCUT2D eigenvalue weighted by Crippen LogP contribution is 2.47. The zero-order valence-electron chi connectivity index (χ0n) is 7.09. The molecule has 0 unspecified atom stereocenters. The number of rotatable bonds is 0. The average molecular weight is 347 g/mol. The van der Waals surface area contributed by atoms with Crippen molar-refractivity contribution in [3.8, 4) is 5.75 Å². The summed E-state index contributed by atoms with van der Waals surface area (Å²) in [5, 5.41) is 9.01. The summed E-state index contributed by atoms with van der Waals surface area (Å²) in [6.07, 6.45) is 0. The number of aromatic hydroxyl groups is 1. The lowest BCUT2D eigenvalue weighted by Crippen LogP contribution is -1.78. The van der Waals surface area contributed by atoms with Gasteiger partial charge in [-0.1, -0.05) is 58.0 Å². The Kier molecular flexibility index (Phi) is 7.26. The maximum absolute atomic E-state index is 9.20. The number of hydrogen-bond donors (Lipinski definition) is 3. The Morgan fingerprint density at radius 1 is 0.750 bits per heavy atom. The fraction of sp³-hybridized carbons (Fsp3) is 0. The SMILES string of the molecule is O=[P+](O)O.Oc1c(Cl)c(Cl)c(Cl)c(Cl)c1Cl. The lowest BCUT2D eigenvalue weighted by molar-refractivity contribution is 0.405. The topological polar surface area (TPSA) is 77.8 Å². The first-order valence-electron chi connectivity index (χ1n) is 3.25. The molecule has 0 saturated carbocycles. The van der Waals surface area contributed by atoms with Crippen molar-refractivity contribution in [2.75, 3.05) is 0 Å². The normalized spacial score (nSPS) is 9.44. The van der Waals surface area contributed by atoms with Gasteiger partial charge in [0.1, 0.15) is 10.0 Å². The van der Waals surface area contributed by atoms with Crippen LogP contribution in [0.3, 0.4) is 0 Å². The van der Waals surface area contributed by atoms with Gasteiger partial charge in [-0.3, -0.25) is 0 Å². The van der Waals surface area contributed by atoms with Crippen LogP contribution < -0.4 is 0 Å². The molecule has 0 aliphatic heterocycles. The highest BCUT2D eigenvalue weighted by Gasteiger charge is 2.18. The molecule has 0 radical (unpaired) electrons. The van der Waals surface area contributed by atoms with Crippen LogP contribution in [0.5, 0.6) is 5.75 Å². The van der Waals surface area contributed by atoms with Crippen LogP contribution in [0.25, 0.3) is 0 Å². The molecular formula is C6H3Cl5O4P+. The van der Waals surface area contributed by atoms with E-state index in [2.05, 4.69) is 0 Å². The molecule has 0 bridgehead atoms. The summed E-state index contributed by atoms with van der Waals surface area (Å²) in [6, 6.07) is 0. The largest absolute Gasteiger partial charge is 0.692 e. The molecule has 1 aromatic carbocycles. The zero-order chi connectivity index (χ0) is 13.0. The summed E-state index contributed by atoms with van der Waals surface area (Å²) in [6.45, 7) is 0.